The average Bonchev–Trinajstić information content (AvgIpc) is 2.18. The molecule has 1 aromatic carbocycles. The molecule has 0 atom stereocenters. The Morgan fingerprint density at radius 2 is 1.87 bits per heavy atom. The molecule has 3 heteroatoms. The highest BCUT2D eigenvalue weighted by atomic mass is 16.2. The van der Waals surface area contributed by atoms with E-state index in [1.165, 1.54) is 0 Å². The van der Waals surface area contributed by atoms with Crippen LogP contribution in [0.1, 0.15) is 27.2 Å². The minimum absolute atomic E-state index is 0.159. The molecular formula is C12H18N2O. The van der Waals surface area contributed by atoms with Crippen LogP contribution in [0.5, 0.6) is 0 Å². The lowest BCUT2D eigenvalue weighted by Crippen LogP contribution is -2.44. The lowest BCUT2D eigenvalue weighted by atomic mass is 10.0. The van der Waals surface area contributed by atoms with Crippen LogP contribution in [0.15, 0.2) is 30.3 Å². The maximum atomic E-state index is 11.6. The Kier molecular flexibility index (Phi) is 3.72. The van der Waals surface area contributed by atoms with Crippen LogP contribution in [-0.2, 0) is 0 Å². The van der Waals surface area contributed by atoms with E-state index in [4.69, 9.17) is 0 Å². The van der Waals surface area contributed by atoms with Gasteiger partial charge in [0.2, 0.25) is 0 Å². The first-order valence-corrected chi connectivity index (χ1v) is 5.18. The smallest absolute Gasteiger partial charge is 0.319 e. The first-order valence-electron chi connectivity index (χ1n) is 5.18. The summed E-state index contributed by atoms with van der Waals surface area (Å²) >= 11 is 0. The van der Waals surface area contributed by atoms with Gasteiger partial charge in [-0.15, -0.1) is 0 Å². The zero-order chi connectivity index (χ0) is 11.3. The molecule has 0 radical (unpaired) electrons. The lowest BCUT2D eigenvalue weighted by Gasteiger charge is -2.24. The maximum absolute atomic E-state index is 11.6. The van der Waals surface area contributed by atoms with E-state index in [1.54, 1.807) is 0 Å². The Morgan fingerprint density at radius 1 is 1.27 bits per heavy atom. The van der Waals surface area contributed by atoms with Crippen molar-refractivity contribution in [3.8, 4) is 0 Å². The van der Waals surface area contributed by atoms with Crippen LogP contribution in [0.25, 0.3) is 0 Å². The normalized spacial score (nSPS) is 10.9. The SMILES string of the molecule is CCC(C)(C)NC(=O)Nc1ccccc1. The number of hydrogen-bond donors (Lipinski definition) is 2. The third-order valence-electron chi connectivity index (χ3n) is 2.37. The summed E-state index contributed by atoms with van der Waals surface area (Å²) in [6.07, 6.45) is 0.898. The van der Waals surface area contributed by atoms with Crippen molar-refractivity contribution in [3.63, 3.8) is 0 Å². The minimum atomic E-state index is -0.168. The Morgan fingerprint density at radius 3 is 2.40 bits per heavy atom. The molecule has 2 amide bonds. The van der Waals surface area contributed by atoms with Gasteiger partial charge in [0.1, 0.15) is 0 Å². The van der Waals surface area contributed by atoms with Gasteiger partial charge < -0.3 is 10.6 Å². The van der Waals surface area contributed by atoms with E-state index in [0.29, 0.717) is 0 Å². The van der Waals surface area contributed by atoms with E-state index >= 15 is 0 Å². The zero-order valence-electron chi connectivity index (χ0n) is 9.50. The Labute approximate surface area is 90.9 Å². The summed E-state index contributed by atoms with van der Waals surface area (Å²) in [5.74, 6) is 0. The largest absolute Gasteiger partial charge is 0.333 e. The van der Waals surface area contributed by atoms with Crippen molar-refractivity contribution in [2.45, 2.75) is 32.7 Å². The van der Waals surface area contributed by atoms with Crippen LogP contribution >= 0.6 is 0 Å². The van der Waals surface area contributed by atoms with Crippen LogP contribution in [0.4, 0.5) is 10.5 Å². The number of benzene rings is 1. The van der Waals surface area contributed by atoms with Crippen LogP contribution in [0.3, 0.4) is 0 Å². The summed E-state index contributed by atoms with van der Waals surface area (Å²) < 4.78 is 0. The Balaban J connectivity index is 2.51. The fraction of sp³-hybridized carbons (Fsp3) is 0.417. The van der Waals surface area contributed by atoms with Gasteiger partial charge in [0.25, 0.3) is 0 Å². The van der Waals surface area contributed by atoms with Crippen molar-refractivity contribution in [3.05, 3.63) is 30.3 Å². The molecule has 3 nitrogen and oxygen atoms in total. The second-order valence-corrected chi connectivity index (χ2v) is 4.18. The number of carbonyl (C=O) groups is 1. The summed E-state index contributed by atoms with van der Waals surface area (Å²) in [6, 6.07) is 9.25. The van der Waals surface area contributed by atoms with Gasteiger partial charge in [-0.05, 0) is 32.4 Å². The van der Waals surface area contributed by atoms with Gasteiger partial charge in [-0.1, -0.05) is 25.1 Å². The van der Waals surface area contributed by atoms with Gasteiger partial charge in [-0.25, -0.2) is 4.79 Å². The fourth-order valence-electron chi connectivity index (χ4n) is 1.08. The first kappa shape index (κ1) is 11.6. The molecule has 0 fully saturated rings. The third-order valence-corrected chi connectivity index (χ3v) is 2.37. The number of hydrogen-bond acceptors (Lipinski definition) is 1. The van der Waals surface area contributed by atoms with Gasteiger partial charge in [0, 0.05) is 11.2 Å². The van der Waals surface area contributed by atoms with Crippen molar-refractivity contribution < 1.29 is 4.79 Å². The molecule has 0 saturated heterocycles. The number of rotatable bonds is 3. The molecule has 15 heavy (non-hydrogen) atoms. The number of urea groups is 1. The highest BCUT2D eigenvalue weighted by Crippen LogP contribution is 2.09. The van der Waals surface area contributed by atoms with Crippen LogP contribution in [0, 0.1) is 0 Å². The Bertz CT molecular complexity index is 320. The van der Waals surface area contributed by atoms with E-state index < -0.39 is 0 Å². The maximum Gasteiger partial charge on any atom is 0.319 e. The third kappa shape index (κ3) is 4.02. The van der Waals surface area contributed by atoms with Crippen molar-refractivity contribution >= 4 is 11.7 Å². The molecule has 0 heterocycles. The predicted molar refractivity (Wildman–Crippen MR) is 63.0 cm³/mol. The summed E-state index contributed by atoms with van der Waals surface area (Å²) in [5.41, 5.74) is 0.640. The lowest BCUT2D eigenvalue weighted by molar-refractivity contribution is 0.240. The quantitative estimate of drug-likeness (QED) is 0.784. The Hall–Kier alpha value is -1.51. The van der Waals surface area contributed by atoms with Crippen LogP contribution in [-0.4, -0.2) is 11.6 Å². The van der Waals surface area contributed by atoms with E-state index in [0.717, 1.165) is 12.1 Å². The summed E-state index contributed by atoms with van der Waals surface area (Å²) in [7, 11) is 0. The molecule has 0 saturated carbocycles. The molecule has 2 N–H and O–H groups in total. The monoisotopic (exact) mass is 206 g/mol. The van der Waals surface area contributed by atoms with E-state index in [9.17, 15) is 4.79 Å². The molecule has 0 aromatic heterocycles. The molecule has 0 bridgehead atoms. The first-order chi connectivity index (χ1) is 7.03. The van der Waals surface area contributed by atoms with Gasteiger partial charge in [0.15, 0.2) is 0 Å². The standard InChI is InChI=1S/C12H18N2O/c1-4-12(2,3)14-11(15)13-10-8-6-5-7-9-10/h5-9H,4H2,1-3H3,(H2,13,14,15). The van der Waals surface area contributed by atoms with E-state index in [1.807, 2.05) is 51.1 Å². The molecule has 0 unspecified atom stereocenters. The summed E-state index contributed by atoms with van der Waals surface area (Å²) in [4.78, 5) is 11.6. The molecular weight excluding hydrogens is 188 g/mol. The average molecular weight is 206 g/mol. The van der Waals surface area contributed by atoms with Gasteiger partial charge in [-0.3, -0.25) is 0 Å². The molecule has 1 aromatic rings. The fourth-order valence-corrected chi connectivity index (χ4v) is 1.08. The van der Waals surface area contributed by atoms with Crippen molar-refractivity contribution in [1.82, 2.24) is 5.32 Å². The van der Waals surface area contributed by atoms with E-state index in [-0.39, 0.29) is 11.6 Å². The molecule has 0 aliphatic carbocycles. The number of amides is 2. The predicted octanol–water partition coefficient (Wildman–Crippen LogP) is 3.00. The summed E-state index contributed by atoms with van der Waals surface area (Å²) in [6.45, 7) is 6.04. The zero-order valence-corrected chi connectivity index (χ0v) is 9.50. The number of nitrogens with one attached hydrogen (secondary N) is 2. The van der Waals surface area contributed by atoms with Crippen LogP contribution < -0.4 is 10.6 Å². The van der Waals surface area contributed by atoms with Crippen molar-refractivity contribution in [2.24, 2.45) is 0 Å². The van der Waals surface area contributed by atoms with Crippen LogP contribution in [0.2, 0.25) is 0 Å². The molecule has 0 spiro atoms. The highest BCUT2D eigenvalue weighted by Gasteiger charge is 2.17. The molecule has 1 rings (SSSR count). The number of para-hydroxylation sites is 1. The number of anilines is 1. The van der Waals surface area contributed by atoms with Gasteiger partial charge >= 0.3 is 6.03 Å². The van der Waals surface area contributed by atoms with Gasteiger partial charge in [0.05, 0.1) is 0 Å². The van der Waals surface area contributed by atoms with Crippen molar-refractivity contribution in [1.29, 1.82) is 0 Å². The number of carbonyl (C=O) groups excluding carboxylic acids is 1. The summed E-state index contributed by atoms with van der Waals surface area (Å²) in [5, 5.41) is 5.69. The topological polar surface area (TPSA) is 41.1 Å². The molecule has 0 aliphatic rings. The van der Waals surface area contributed by atoms with Gasteiger partial charge in [-0.2, -0.15) is 0 Å². The van der Waals surface area contributed by atoms with Crippen molar-refractivity contribution in [2.75, 3.05) is 5.32 Å². The second-order valence-electron chi connectivity index (χ2n) is 4.18. The molecule has 82 valence electrons. The minimum Gasteiger partial charge on any atom is -0.333 e. The second kappa shape index (κ2) is 4.82. The van der Waals surface area contributed by atoms with E-state index in [2.05, 4.69) is 10.6 Å². The highest BCUT2D eigenvalue weighted by molar-refractivity contribution is 5.89. The molecule has 0 aliphatic heterocycles.